The van der Waals surface area contributed by atoms with Crippen LogP contribution in [0.1, 0.15) is 39.0 Å². The molecule has 1 unspecified atom stereocenters. The minimum atomic E-state index is -4.14. The predicted octanol–water partition coefficient (Wildman–Crippen LogP) is 2.40. The van der Waals surface area contributed by atoms with E-state index in [1.54, 1.807) is 4.90 Å². The molecule has 1 amide bonds. The molecule has 2 fully saturated rings. The van der Waals surface area contributed by atoms with Crippen molar-refractivity contribution in [2.75, 3.05) is 19.6 Å². The lowest BCUT2D eigenvalue weighted by molar-refractivity contribution is -0.387. The Morgan fingerprint density at radius 3 is 2.44 bits per heavy atom. The van der Waals surface area contributed by atoms with E-state index >= 15 is 0 Å². The zero-order valence-corrected chi connectivity index (χ0v) is 16.2. The number of carbonyl (C=O) groups is 1. The maximum atomic E-state index is 13.2. The van der Waals surface area contributed by atoms with Crippen molar-refractivity contribution in [1.29, 1.82) is 0 Å². The normalized spacial score (nSPS) is 22.6. The van der Waals surface area contributed by atoms with Gasteiger partial charge < -0.3 is 4.90 Å². The van der Waals surface area contributed by atoms with E-state index in [0.29, 0.717) is 31.8 Å². The Labute approximate surface area is 159 Å². The lowest BCUT2D eigenvalue weighted by atomic mass is 9.97. The molecular formula is C18H25N3O5S. The summed E-state index contributed by atoms with van der Waals surface area (Å²) >= 11 is 0. The molecule has 0 N–H and O–H groups in total. The number of nitro groups is 1. The summed E-state index contributed by atoms with van der Waals surface area (Å²) in [7, 11) is -4.14. The molecule has 2 saturated heterocycles. The molecule has 1 aromatic carbocycles. The summed E-state index contributed by atoms with van der Waals surface area (Å²) < 4.78 is 27.6. The second kappa shape index (κ2) is 7.93. The highest BCUT2D eigenvalue weighted by atomic mass is 32.2. The van der Waals surface area contributed by atoms with Crippen molar-refractivity contribution in [3.8, 4) is 0 Å². The third-order valence-corrected chi connectivity index (χ3v) is 7.44. The molecule has 2 aliphatic heterocycles. The van der Waals surface area contributed by atoms with E-state index in [0.717, 1.165) is 19.3 Å². The van der Waals surface area contributed by atoms with Crippen LogP contribution in [0.25, 0.3) is 0 Å². The number of para-hydroxylation sites is 1. The van der Waals surface area contributed by atoms with Crippen LogP contribution in [0.3, 0.4) is 0 Å². The quantitative estimate of drug-likeness (QED) is 0.575. The summed E-state index contributed by atoms with van der Waals surface area (Å²) in [6, 6.07) is 4.54. The van der Waals surface area contributed by atoms with E-state index in [4.69, 9.17) is 0 Å². The molecule has 27 heavy (non-hydrogen) atoms. The number of hydrogen-bond donors (Lipinski definition) is 0. The number of benzene rings is 1. The van der Waals surface area contributed by atoms with E-state index in [9.17, 15) is 23.3 Å². The molecule has 0 bridgehead atoms. The molecule has 148 valence electrons. The van der Waals surface area contributed by atoms with Gasteiger partial charge in [-0.15, -0.1) is 0 Å². The molecule has 1 atom stereocenters. The number of nitro benzene ring substituents is 1. The minimum absolute atomic E-state index is 0.177. The Kier molecular flexibility index (Phi) is 5.81. The largest absolute Gasteiger partial charge is 0.341 e. The number of carbonyl (C=O) groups excluding carboxylic acids is 1. The van der Waals surface area contributed by atoms with Crippen LogP contribution in [0, 0.1) is 16.0 Å². The Hall–Kier alpha value is -2.00. The molecule has 0 saturated carbocycles. The highest BCUT2D eigenvalue weighted by Crippen LogP contribution is 2.32. The number of rotatable bonds is 4. The summed E-state index contributed by atoms with van der Waals surface area (Å²) in [6.07, 6.45) is 3.68. The van der Waals surface area contributed by atoms with Gasteiger partial charge in [-0.2, -0.15) is 4.31 Å². The smallest absolute Gasteiger partial charge is 0.289 e. The summed E-state index contributed by atoms with van der Waals surface area (Å²) in [5, 5.41) is 11.3. The third kappa shape index (κ3) is 3.98. The molecule has 2 aliphatic rings. The van der Waals surface area contributed by atoms with Gasteiger partial charge in [0.05, 0.1) is 4.92 Å². The molecule has 1 aromatic rings. The molecule has 0 spiro atoms. The van der Waals surface area contributed by atoms with Gasteiger partial charge in [-0.25, -0.2) is 8.42 Å². The monoisotopic (exact) mass is 395 g/mol. The average molecular weight is 395 g/mol. The average Bonchev–Trinajstić information content (AvgIpc) is 2.68. The lowest BCUT2D eigenvalue weighted by Crippen LogP contribution is -2.54. The zero-order valence-electron chi connectivity index (χ0n) is 15.4. The van der Waals surface area contributed by atoms with Crippen molar-refractivity contribution < 1.29 is 18.1 Å². The van der Waals surface area contributed by atoms with Gasteiger partial charge in [-0.3, -0.25) is 14.9 Å². The second-order valence-corrected chi connectivity index (χ2v) is 9.22. The van der Waals surface area contributed by atoms with Gasteiger partial charge in [-0.1, -0.05) is 25.5 Å². The maximum absolute atomic E-state index is 13.2. The van der Waals surface area contributed by atoms with Crippen molar-refractivity contribution in [2.24, 2.45) is 5.92 Å². The molecule has 2 heterocycles. The van der Waals surface area contributed by atoms with Crippen molar-refractivity contribution in [1.82, 2.24) is 9.21 Å². The molecule has 0 aromatic heterocycles. The number of likely N-dealkylation sites (tertiary alicyclic amines) is 1. The first-order valence-electron chi connectivity index (χ1n) is 9.36. The molecule has 0 radical (unpaired) electrons. The van der Waals surface area contributed by atoms with Crippen LogP contribution in [-0.4, -0.2) is 54.1 Å². The lowest BCUT2D eigenvalue weighted by Gasteiger charge is -2.38. The molecular weight excluding hydrogens is 370 g/mol. The van der Waals surface area contributed by atoms with Gasteiger partial charge in [0.25, 0.3) is 15.7 Å². The number of nitrogens with zero attached hydrogens (tertiary/aromatic N) is 3. The Balaban J connectivity index is 1.91. The van der Waals surface area contributed by atoms with Crippen LogP contribution >= 0.6 is 0 Å². The molecule has 0 aliphatic carbocycles. The second-order valence-electron chi connectivity index (χ2n) is 7.36. The van der Waals surface area contributed by atoms with Gasteiger partial charge in [-0.05, 0) is 37.7 Å². The number of sulfonamides is 1. The summed E-state index contributed by atoms with van der Waals surface area (Å²) in [5.74, 6) is 0.385. The Bertz CT molecular complexity index is 818. The summed E-state index contributed by atoms with van der Waals surface area (Å²) in [4.78, 5) is 25.1. The van der Waals surface area contributed by atoms with Crippen LogP contribution in [0.4, 0.5) is 5.69 Å². The number of amides is 1. The van der Waals surface area contributed by atoms with Gasteiger partial charge in [0.2, 0.25) is 5.91 Å². The van der Waals surface area contributed by atoms with E-state index in [1.165, 1.54) is 28.6 Å². The molecule has 9 heteroatoms. The van der Waals surface area contributed by atoms with Crippen LogP contribution < -0.4 is 0 Å². The first kappa shape index (κ1) is 19.8. The van der Waals surface area contributed by atoms with Crippen molar-refractivity contribution in [3.05, 3.63) is 34.4 Å². The third-order valence-electron chi connectivity index (χ3n) is 5.48. The first-order chi connectivity index (χ1) is 12.8. The van der Waals surface area contributed by atoms with Crippen LogP contribution in [0.15, 0.2) is 29.2 Å². The number of hydrogen-bond acceptors (Lipinski definition) is 5. The minimum Gasteiger partial charge on any atom is -0.341 e. The SMILES string of the molecule is CC1CCN(C(=O)C2CCCCN2S(=O)(=O)c2ccccc2[N+](=O)[O-])CC1. The van der Waals surface area contributed by atoms with Gasteiger partial charge in [0.1, 0.15) is 6.04 Å². The van der Waals surface area contributed by atoms with Crippen molar-refractivity contribution in [2.45, 2.75) is 50.0 Å². The summed E-state index contributed by atoms with van der Waals surface area (Å²) in [5.41, 5.74) is -0.457. The van der Waals surface area contributed by atoms with E-state index in [-0.39, 0.29) is 17.3 Å². The van der Waals surface area contributed by atoms with E-state index in [2.05, 4.69) is 6.92 Å². The number of piperidine rings is 2. The predicted molar refractivity (Wildman–Crippen MR) is 99.6 cm³/mol. The van der Waals surface area contributed by atoms with Crippen LogP contribution in [0.2, 0.25) is 0 Å². The van der Waals surface area contributed by atoms with Crippen LogP contribution in [-0.2, 0) is 14.8 Å². The topological polar surface area (TPSA) is 101 Å². The van der Waals surface area contributed by atoms with E-state index < -0.39 is 26.7 Å². The highest BCUT2D eigenvalue weighted by Gasteiger charge is 2.42. The van der Waals surface area contributed by atoms with E-state index in [1.807, 2.05) is 0 Å². The fourth-order valence-corrected chi connectivity index (χ4v) is 5.64. The van der Waals surface area contributed by atoms with Gasteiger partial charge in [0, 0.05) is 25.7 Å². The Morgan fingerprint density at radius 1 is 1.11 bits per heavy atom. The van der Waals surface area contributed by atoms with Crippen molar-refractivity contribution >= 4 is 21.6 Å². The standard InChI is InChI=1S/C18H25N3O5S/c1-14-9-12-19(13-10-14)18(22)16-7-4-5-11-20(16)27(25,26)17-8-3-2-6-15(17)21(23)24/h2-3,6,8,14,16H,4-5,7,9-13H2,1H3. The maximum Gasteiger partial charge on any atom is 0.289 e. The fourth-order valence-electron chi connectivity index (χ4n) is 3.83. The van der Waals surface area contributed by atoms with Gasteiger partial charge in [0.15, 0.2) is 4.90 Å². The fraction of sp³-hybridized carbons (Fsp3) is 0.611. The Morgan fingerprint density at radius 2 is 1.78 bits per heavy atom. The highest BCUT2D eigenvalue weighted by molar-refractivity contribution is 7.89. The summed E-state index contributed by atoms with van der Waals surface area (Å²) in [6.45, 7) is 3.62. The zero-order chi connectivity index (χ0) is 19.6. The molecule has 8 nitrogen and oxygen atoms in total. The van der Waals surface area contributed by atoms with Crippen LogP contribution in [0.5, 0.6) is 0 Å². The molecule has 3 rings (SSSR count). The van der Waals surface area contributed by atoms with Crippen molar-refractivity contribution in [3.63, 3.8) is 0 Å². The van der Waals surface area contributed by atoms with Gasteiger partial charge >= 0.3 is 0 Å². The first-order valence-corrected chi connectivity index (χ1v) is 10.8.